The van der Waals surface area contributed by atoms with Crippen molar-refractivity contribution in [2.75, 3.05) is 6.54 Å². The normalized spacial score (nSPS) is 12.4. The Labute approximate surface area is 94.6 Å². The van der Waals surface area contributed by atoms with E-state index in [1.807, 2.05) is 6.92 Å². The van der Waals surface area contributed by atoms with Crippen LogP contribution in [0.25, 0.3) is 0 Å². The number of hydrogen-bond acceptors (Lipinski definition) is 5. The Morgan fingerprint density at radius 1 is 1.62 bits per heavy atom. The van der Waals surface area contributed by atoms with Crippen molar-refractivity contribution in [3.8, 4) is 0 Å². The number of carbonyl (C=O) groups excluding carboxylic acids is 1. The average Bonchev–Trinajstić information content (AvgIpc) is 2.64. The lowest BCUT2D eigenvalue weighted by Gasteiger charge is -2.08. The van der Waals surface area contributed by atoms with Gasteiger partial charge in [0, 0.05) is 25.4 Å². The summed E-state index contributed by atoms with van der Waals surface area (Å²) in [7, 11) is 0. The molecule has 90 valence electrons. The van der Waals surface area contributed by atoms with E-state index < -0.39 is 0 Å². The Bertz CT molecular complexity index is 337. The fourth-order valence-electron chi connectivity index (χ4n) is 1.21. The molecule has 0 saturated heterocycles. The fraction of sp³-hybridized carbons (Fsp3) is 0.700. The molecule has 0 bridgehead atoms. The zero-order chi connectivity index (χ0) is 12.0. The van der Waals surface area contributed by atoms with E-state index in [2.05, 4.69) is 15.5 Å². The highest BCUT2D eigenvalue weighted by molar-refractivity contribution is 5.76. The molecule has 0 aliphatic heterocycles. The zero-order valence-electron chi connectivity index (χ0n) is 9.69. The van der Waals surface area contributed by atoms with Gasteiger partial charge in [0.2, 0.25) is 11.8 Å². The van der Waals surface area contributed by atoms with Crippen LogP contribution in [0.2, 0.25) is 0 Å². The van der Waals surface area contributed by atoms with Crippen LogP contribution in [0.1, 0.15) is 31.5 Å². The molecule has 6 nitrogen and oxygen atoms in total. The quantitative estimate of drug-likeness (QED) is 0.720. The molecule has 0 radical (unpaired) electrons. The van der Waals surface area contributed by atoms with Gasteiger partial charge in [-0.1, -0.05) is 12.1 Å². The van der Waals surface area contributed by atoms with E-state index in [4.69, 9.17) is 10.3 Å². The van der Waals surface area contributed by atoms with Crippen molar-refractivity contribution >= 4 is 5.91 Å². The van der Waals surface area contributed by atoms with Gasteiger partial charge < -0.3 is 15.6 Å². The van der Waals surface area contributed by atoms with Gasteiger partial charge in [-0.25, -0.2) is 0 Å². The molecule has 16 heavy (non-hydrogen) atoms. The third-order valence-electron chi connectivity index (χ3n) is 2.20. The second-order valence-electron chi connectivity index (χ2n) is 3.71. The summed E-state index contributed by atoms with van der Waals surface area (Å²) in [5, 5.41) is 6.42. The lowest BCUT2D eigenvalue weighted by molar-refractivity contribution is -0.121. The summed E-state index contributed by atoms with van der Waals surface area (Å²) in [6.07, 6.45) is 1.71. The average molecular weight is 226 g/mol. The van der Waals surface area contributed by atoms with E-state index in [0.29, 0.717) is 31.1 Å². The largest absolute Gasteiger partial charge is 0.356 e. The van der Waals surface area contributed by atoms with Gasteiger partial charge in [-0.3, -0.25) is 4.79 Å². The lowest BCUT2D eigenvalue weighted by Crippen LogP contribution is -2.32. The van der Waals surface area contributed by atoms with Crippen molar-refractivity contribution in [2.45, 2.75) is 39.2 Å². The van der Waals surface area contributed by atoms with Crippen LogP contribution in [0, 0.1) is 6.92 Å². The van der Waals surface area contributed by atoms with E-state index in [0.717, 1.165) is 6.42 Å². The second-order valence-corrected chi connectivity index (χ2v) is 3.71. The van der Waals surface area contributed by atoms with Gasteiger partial charge in [-0.2, -0.15) is 4.98 Å². The van der Waals surface area contributed by atoms with Gasteiger partial charge in [-0.15, -0.1) is 0 Å². The van der Waals surface area contributed by atoms with Gasteiger partial charge in [-0.05, 0) is 13.3 Å². The van der Waals surface area contributed by atoms with Crippen LogP contribution in [0.3, 0.4) is 0 Å². The van der Waals surface area contributed by atoms with Crippen molar-refractivity contribution in [1.82, 2.24) is 15.5 Å². The molecule has 1 atom stereocenters. The summed E-state index contributed by atoms with van der Waals surface area (Å²) in [5.74, 6) is 1.11. The van der Waals surface area contributed by atoms with Gasteiger partial charge in [0.15, 0.2) is 5.82 Å². The number of nitrogens with zero attached hydrogens (tertiary/aromatic N) is 2. The second kappa shape index (κ2) is 6.22. The highest BCUT2D eigenvalue weighted by atomic mass is 16.5. The Morgan fingerprint density at radius 2 is 2.38 bits per heavy atom. The van der Waals surface area contributed by atoms with Crippen molar-refractivity contribution in [1.29, 1.82) is 0 Å². The molecule has 1 aromatic heterocycles. The lowest BCUT2D eigenvalue weighted by atomic mass is 10.1. The maximum absolute atomic E-state index is 11.4. The first-order chi connectivity index (χ1) is 7.61. The van der Waals surface area contributed by atoms with E-state index >= 15 is 0 Å². The highest BCUT2D eigenvalue weighted by Crippen LogP contribution is 1.96. The van der Waals surface area contributed by atoms with E-state index in [1.165, 1.54) is 0 Å². The number of nitrogens with one attached hydrogen (secondary N) is 1. The molecule has 1 rings (SSSR count). The molecule has 0 aliphatic rings. The number of aryl methyl sites for hydroxylation is 1. The SMILES string of the molecule is CCC(N)CC(=O)NCCc1nc(C)no1. The van der Waals surface area contributed by atoms with Crippen LogP contribution in [-0.2, 0) is 11.2 Å². The third-order valence-corrected chi connectivity index (χ3v) is 2.20. The zero-order valence-corrected chi connectivity index (χ0v) is 9.69. The summed E-state index contributed by atoms with van der Waals surface area (Å²) in [6.45, 7) is 4.21. The molecule has 0 fully saturated rings. The van der Waals surface area contributed by atoms with Crippen LogP contribution in [-0.4, -0.2) is 28.6 Å². The van der Waals surface area contributed by atoms with E-state index in [-0.39, 0.29) is 11.9 Å². The Hall–Kier alpha value is -1.43. The van der Waals surface area contributed by atoms with Gasteiger partial charge in [0.25, 0.3) is 0 Å². The molecule has 0 aromatic carbocycles. The summed E-state index contributed by atoms with van der Waals surface area (Å²) >= 11 is 0. The van der Waals surface area contributed by atoms with Crippen molar-refractivity contribution in [3.63, 3.8) is 0 Å². The summed E-state index contributed by atoms with van der Waals surface area (Å²) < 4.78 is 4.91. The molecule has 1 unspecified atom stereocenters. The Balaban J connectivity index is 2.18. The first-order valence-electron chi connectivity index (χ1n) is 5.43. The van der Waals surface area contributed by atoms with Gasteiger partial charge in [0.1, 0.15) is 0 Å². The van der Waals surface area contributed by atoms with Crippen molar-refractivity contribution < 1.29 is 9.32 Å². The first-order valence-corrected chi connectivity index (χ1v) is 5.43. The minimum Gasteiger partial charge on any atom is -0.356 e. The molecule has 0 spiro atoms. The summed E-state index contributed by atoms with van der Waals surface area (Å²) in [5.41, 5.74) is 5.66. The number of carbonyl (C=O) groups is 1. The molecule has 6 heteroatoms. The Morgan fingerprint density at radius 3 is 2.94 bits per heavy atom. The van der Waals surface area contributed by atoms with Gasteiger partial charge >= 0.3 is 0 Å². The van der Waals surface area contributed by atoms with Crippen molar-refractivity contribution in [2.24, 2.45) is 5.73 Å². The van der Waals surface area contributed by atoms with Crippen LogP contribution in [0.15, 0.2) is 4.52 Å². The topological polar surface area (TPSA) is 94.0 Å². The monoisotopic (exact) mass is 226 g/mol. The molecule has 0 saturated carbocycles. The minimum atomic E-state index is -0.0642. The molecular weight excluding hydrogens is 208 g/mol. The number of amides is 1. The molecule has 3 N–H and O–H groups in total. The van der Waals surface area contributed by atoms with Crippen LogP contribution < -0.4 is 11.1 Å². The highest BCUT2D eigenvalue weighted by Gasteiger charge is 2.08. The number of hydrogen-bond donors (Lipinski definition) is 2. The molecule has 1 heterocycles. The smallest absolute Gasteiger partial charge is 0.228 e. The van der Waals surface area contributed by atoms with E-state index in [1.54, 1.807) is 6.92 Å². The maximum Gasteiger partial charge on any atom is 0.228 e. The predicted octanol–water partition coefficient (Wildman–Crippen LogP) is 0.164. The molecular formula is C10H18N4O2. The van der Waals surface area contributed by atoms with Crippen LogP contribution >= 0.6 is 0 Å². The van der Waals surface area contributed by atoms with Crippen molar-refractivity contribution in [3.05, 3.63) is 11.7 Å². The Kier molecular flexibility index (Phi) is 4.91. The number of rotatable bonds is 6. The predicted molar refractivity (Wildman–Crippen MR) is 58.6 cm³/mol. The summed E-state index contributed by atoms with van der Waals surface area (Å²) in [4.78, 5) is 15.4. The minimum absolute atomic E-state index is 0.0365. The molecule has 1 amide bonds. The molecule has 0 aliphatic carbocycles. The maximum atomic E-state index is 11.4. The number of aromatic nitrogens is 2. The standard InChI is InChI=1S/C10H18N4O2/c1-3-8(11)6-9(15)12-5-4-10-13-7(2)14-16-10/h8H,3-6,11H2,1-2H3,(H,12,15). The summed E-state index contributed by atoms with van der Waals surface area (Å²) in [6, 6.07) is -0.0642. The first kappa shape index (κ1) is 12.6. The third kappa shape index (κ3) is 4.39. The number of nitrogens with two attached hydrogens (primary N) is 1. The van der Waals surface area contributed by atoms with Crippen LogP contribution in [0.4, 0.5) is 0 Å². The van der Waals surface area contributed by atoms with Crippen LogP contribution in [0.5, 0.6) is 0 Å². The van der Waals surface area contributed by atoms with Gasteiger partial charge in [0.05, 0.1) is 0 Å². The fourth-order valence-corrected chi connectivity index (χ4v) is 1.21. The molecule has 1 aromatic rings. The van der Waals surface area contributed by atoms with E-state index in [9.17, 15) is 4.79 Å².